The van der Waals surface area contributed by atoms with Crippen molar-refractivity contribution in [1.29, 1.82) is 0 Å². The minimum Gasteiger partial charge on any atom is -0.381 e. The van der Waals surface area contributed by atoms with Crippen LogP contribution in [-0.2, 0) is 30.7 Å². The molecule has 1 aromatic rings. The Morgan fingerprint density at radius 2 is 1.88 bits per heavy atom. The number of amides is 1. The highest BCUT2D eigenvalue weighted by Gasteiger charge is 2.34. The first-order valence-electron chi connectivity index (χ1n) is 8.67. The van der Waals surface area contributed by atoms with Gasteiger partial charge in [-0.15, -0.1) is 0 Å². The lowest BCUT2D eigenvalue weighted by atomic mass is 10.1. The van der Waals surface area contributed by atoms with E-state index < -0.39 is 10.0 Å². The summed E-state index contributed by atoms with van der Waals surface area (Å²) < 4.78 is 37.6. The van der Waals surface area contributed by atoms with Crippen LogP contribution in [0.1, 0.15) is 12.0 Å². The summed E-state index contributed by atoms with van der Waals surface area (Å²) >= 11 is 0. The third kappa shape index (κ3) is 3.08. The van der Waals surface area contributed by atoms with Crippen molar-refractivity contribution >= 4 is 21.6 Å². The first kappa shape index (κ1) is 17.0. The predicted molar refractivity (Wildman–Crippen MR) is 91.0 cm³/mol. The molecule has 3 aliphatic rings. The molecule has 4 rings (SSSR count). The second-order valence-electron chi connectivity index (χ2n) is 6.61. The molecule has 0 N–H and O–H groups in total. The predicted octanol–water partition coefficient (Wildman–Crippen LogP) is 0.633. The molecule has 3 aliphatic heterocycles. The van der Waals surface area contributed by atoms with Crippen molar-refractivity contribution in [3.63, 3.8) is 0 Å². The molecule has 136 valence electrons. The molecule has 0 aliphatic carbocycles. The minimum atomic E-state index is -3.51. The Hall–Kier alpha value is -1.48. The molecular formula is C17H22N2O5S. The van der Waals surface area contributed by atoms with Crippen LogP contribution >= 0.6 is 0 Å². The molecule has 0 radical (unpaired) electrons. The number of carbonyl (C=O) groups is 1. The van der Waals surface area contributed by atoms with Crippen molar-refractivity contribution in [2.75, 3.05) is 51.0 Å². The van der Waals surface area contributed by atoms with Crippen molar-refractivity contribution in [3.8, 4) is 0 Å². The molecule has 7 nitrogen and oxygen atoms in total. The van der Waals surface area contributed by atoms with E-state index in [1.54, 1.807) is 23.1 Å². The first-order valence-corrected chi connectivity index (χ1v) is 10.1. The second-order valence-corrected chi connectivity index (χ2v) is 8.55. The summed E-state index contributed by atoms with van der Waals surface area (Å²) in [6, 6.07) is 5.10. The largest absolute Gasteiger partial charge is 0.381 e. The summed E-state index contributed by atoms with van der Waals surface area (Å²) in [6.07, 6.45) is 1.44. The maximum atomic E-state index is 12.8. The zero-order valence-electron chi connectivity index (χ0n) is 14.0. The first-order chi connectivity index (χ1) is 12.1. The van der Waals surface area contributed by atoms with Gasteiger partial charge >= 0.3 is 0 Å². The average molecular weight is 366 g/mol. The van der Waals surface area contributed by atoms with Gasteiger partial charge in [0.2, 0.25) is 15.9 Å². The van der Waals surface area contributed by atoms with Gasteiger partial charge in [-0.2, -0.15) is 4.31 Å². The molecular weight excluding hydrogens is 344 g/mol. The zero-order valence-corrected chi connectivity index (χ0v) is 14.8. The van der Waals surface area contributed by atoms with Gasteiger partial charge in [-0.3, -0.25) is 4.79 Å². The number of fused-ring (bicyclic) bond motifs is 1. The highest BCUT2D eigenvalue weighted by atomic mass is 32.2. The Kier molecular flexibility index (Phi) is 4.53. The van der Waals surface area contributed by atoms with E-state index in [2.05, 4.69) is 0 Å². The normalized spacial score (nSPS) is 24.5. The quantitative estimate of drug-likeness (QED) is 0.784. The molecule has 1 amide bonds. The van der Waals surface area contributed by atoms with E-state index in [0.29, 0.717) is 57.4 Å². The topological polar surface area (TPSA) is 76.2 Å². The summed E-state index contributed by atoms with van der Waals surface area (Å²) in [5.74, 6) is 0.00254. The maximum Gasteiger partial charge on any atom is 0.243 e. The number of ether oxygens (including phenoxy) is 2. The SMILES string of the molecule is O=C(C1CCOC1)N1CCc2cc(S(=O)(=O)N3CCOCC3)ccc21. The fraction of sp³-hybridized carbons (Fsp3) is 0.588. The monoisotopic (exact) mass is 366 g/mol. The van der Waals surface area contributed by atoms with Crippen LogP contribution in [0.15, 0.2) is 23.1 Å². The lowest BCUT2D eigenvalue weighted by Gasteiger charge is -2.26. The molecule has 25 heavy (non-hydrogen) atoms. The van der Waals surface area contributed by atoms with Crippen molar-refractivity contribution in [1.82, 2.24) is 4.31 Å². The van der Waals surface area contributed by atoms with Crippen LogP contribution in [0.5, 0.6) is 0 Å². The van der Waals surface area contributed by atoms with Gasteiger partial charge in [-0.1, -0.05) is 0 Å². The van der Waals surface area contributed by atoms with E-state index in [9.17, 15) is 13.2 Å². The van der Waals surface area contributed by atoms with Crippen LogP contribution in [-0.4, -0.2) is 64.7 Å². The molecule has 1 unspecified atom stereocenters. The van der Waals surface area contributed by atoms with E-state index >= 15 is 0 Å². The van der Waals surface area contributed by atoms with Crippen molar-refractivity contribution in [2.24, 2.45) is 5.92 Å². The Labute approximate surface area is 147 Å². The highest BCUT2D eigenvalue weighted by Crippen LogP contribution is 2.33. The summed E-state index contributed by atoms with van der Waals surface area (Å²) in [6.45, 7) is 3.33. The smallest absolute Gasteiger partial charge is 0.243 e. The van der Waals surface area contributed by atoms with E-state index in [-0.39, 0.29) is 11.8 Å². The molecule has 2 fully saturated rings. The molecule has 8 heteroatoms. The summed E-state index contributed by atoms with van der Waals surface area (Å²) in [4.78, 5) is 14.7. The number of hydrogen-bond acceptors (Lipinski definition) is 5. The minimum absolute atomic E-state index is 0.0808. The van der Waals surface area contributed by atoms with Gasteiger partial charge in [0.25, 0.3) is 0 Å². The number of hydrogen-bond donors (Lipinski definition) is 0. The average Bonchev–Trinajstić information content (AvgIpc) is 3.31. The number of rotatable bonds is 3. The van der Waals surface area contributed by atoms with Crippen molar-refractivity contribution < 1.29 is 22.7 Å². The van der Waals surface area contributed by atoms with Gasteiger partial charge in [-0.25, -0.2) is 8.42 Å². The van der Waals surface area contributed by atoms with Gasteiger partial charge in [0, 0.05) is 31.9 Å². The Balaban J connectivity index is 1.58. The maximum absolute atomic E-state index is 12.8. The fourth-order valence-electron chi connectivity index (χ4n) is 3.65. The van der Waals surface area contributed by atoms with E-state index in [1.807, 2.05) is 0 Å². The van der Waals surface area contributed by atoms with E-state index in [1.165, 1.54) is 4.31 Å². The van der Waals surface area contributed by atoms with E-state index in [4.69, 9.17) is 9.47 Å². The third-order valence-electron chi connectivity index (χ3n) is 5.10. The summed E-state index contributed by atoms with van der Waals surface area (Å²) in [5.41, 5.74) is 1.75. The highest BCUT2D eigenvalue weighted by molar-refractivity contribution is 7.89. The number of nitrogens with zero attached hydrogens (tertiary/aromatic N) is 2. The number of sulfonamides is 1. The van der Waals surface area contributed by atoms with E-state index in [0.717, 1.165) is 17.7 Å². The zero-order chi connectivity index (χ0) is 17.4. The Bertz CT molecular complexity index is 767. The van der Waals surface area contributed by atoms with Crippen molar-refractivity contribution in [3.05, 3.63) is 23.8 Å². The van der Waals surface area contributed by atoms with Gasteiger partial charge < -0.3 is 14.4 Å². The molecule has 1 atom stereocenters. The Morgan fingerprint density at radius 1 is 1.08 bits per heavy atom. The number of anilines is 1. The van der Waals surface area contributed by atoms with Crippen molar-refractivity contribution in [2.45, 2.75) is 17.7 Å². The molecule has 3 heterocycles. The van der Waals surface area contributed by atoms with Gasteiger partial charge in [0.1, 0.15) is 0 Å². The molecule has 2 saturated heterocycles. The fourth-order valence-corrected chi connectivity index (χ4v) is 5.11. The van der Waals surface area contributed by atoms with Crippen LogP contribution in [0.2, 0.25) is 0 Å². The van der Waals surface area contributed by atoms with Crippen LogP contribution in [0, 0.1) is 5.92 Å². The van der Waals surface area contributed by atoms with Crippen LogP contribution < -0.4 is 4.90 Å². The number of benzene rings is 1. The lowest BCUT2D eigenvalue weighted by Crippen LogP contribution is -2.40. The van der Waals surface area contributed by atoms with Crippen LogP contribution in [0.25, 0.3) is 0 Å². The molecule has 0 spiro atoms. The second kappa shape index (κ2) is 6.68. The number of carbonyl (C=O) groups excluding carboxylic acids is 1. The van der Waals surface area contributed by atoms with Crippen LogP contribution in [0.3, 0.4) is 0 Å². The van der Waals surface area contributed by atoms with Gasteiger partial charge in [-0.05, 0) is 36.6 Å². The standard InChI is InChI=1S/C17H22N2O5S/c20-17(14-4-8-24-12-14)19-5-3-13-11-15(1-2-16(13)19)25(21,22)18-6-9-23-10-7-18/h1-2,11,14H,3-10,12H2. The lowest BCUT2D eigenvalue weighted by molar-refractivity contribution is -0.122. The summed E-state index contributed by atoms with van der Waals surface area (Å²) in [7, 11) is -3.51. The number of morpholine rings is 1. The van der Waals surface area contributed by atoms with Gasteiger partial charge in [0.15, 0.2) is 0 Å². The molecule has 0 saturated carbocycles. The summed E-state index contributed by atoms with van der Waals surface area (Å²) in [5, 5.41) is 0. The molecule has 0 bridgehead atoms. The Morgan fingerprint density at radius 3 is 2.60 bits per heavy atom. The third-order valence-corrected chi connectivity index (χ3v) is 6.99. The molecule has 0 aromatic heterocycles. The molecule has 1 aromatic carbocycles. The van der Waals surface area contributed by atoms with Gasteiger partial charge in [0.05, 0.1) is 30.6 Å². The van der Waals surface area contributed by atoms with Crippen LogP contribution in [0.4, 0.5) is 5.69 Å².